The predicted molar refractivity (Wildman–Crippen MR) is 187 cm³/mol. The number of benzene rings is 7. The number of para-hydroxylation sites is 1. The van der Waals surface area contributed by atoms with Crippen molar-refractivity contribution in [2.45, 2.75) is 13.8 Å². The normalized spacial score (nSPS) is 12.3. The highest BCUT2D eigenvalue weighted by Crippen LogP contribution is 2.53. The van der Waals surface area contributed by atoms with Crippen molar-refractivity contribution >= 4 is 49.6 Å². The Labute approximate surface area is 257 Å². The van der Waals surface area contributed by atoms with Gasteiger partial charge in [0.15, 0.2) is 0 Å². The molecule has 44 heavy (non-hydrogen) atoms. The van der Waals surface area contributed by atoms with Gasteiger partial charge >= 0.3 is 0 Å². The van der Waals surface area contributed by atoms with Gasteiger partial charge in [0.05, 0.1) is 22.4 Å². The number of aromatic nitrogens is 1. The largest absolute Gasteiger partial charge is 0.309 e. The minimum absolute atomic E-state index is 1.16. The lowest BCUT2D eigenvalue weighted by Crippen LogP contribution is -2.15. The van der Waals surface area contributed by atoms with Gasteiger partial charge < -0.3 is 9.47 Å². The Bertz CT molecular complexity index is 2370. The summed E-state index contributed by atoms with van der Waals surface area (Å²) in [6, 6.07) is 53.5. The molecule has 208 valence electrons. The average molecular weight is 563 g/mol. The molecule has 1 aromatic heterocycles. The lowest BCUT2D eigenvalue weighted by atomic mass is 9.89. The van der Waals surface area contributed by atoms with Crippen LogP contribution in [-0.4, -0.2) is 4.57 Å². The average Bonchev–Trinajstić information content (AvgIpc) is 3.37. The monoisotopic (exact) mass is 562 g/mol. The molecule has 2 nitrogen and oxygen atoms in total. The summed E-state index contributed by atoms with van der Waals surface area (Å²) >= 11 is 0. The summed E-state index contributed by atoms with van der Waals surface area (Å²) in [6.45, 7) is 4.38. The van der Waals surface area contributed by atoms with E-state index in [1.165, 1.54) is 83.0 Å². The molecule has 0 atom stereocenters. The lowest BCUT2D eigenvalue weighted by molar-refractivity contribution is 1.18. The Morgan fingerprint density at radius 1 is 0.432 bits per heavy atom. The van der Waals surface area contributed by atoms with Gasteiger partial charge in [-0.15, -0.1) is 0 Å². The molecule has 0 bridgehead atoms. The van der Waals surface area contributed by atoms with E-state index in [0.717, 1.165) is 5.69 Å². The molecule has 0 spiro atoms. The van der Waals surface area contributed by atoms with E-state index >= 15 is 0 Å². The van der Waals surface area contributed by atoms with Crippen LogP contribution in [0, 0.1) is 13.8 Å². The fraction of sp³-hybridized carbons (Fsp3) is 0.0476. The minimum atomic E-state index is 1.16. The Balaban J connectivity index is 1.43. The molecule has 0 radical (unpaired) electrons. The Morgan fingerprint density at radius 2 is 1.14 bits per heavy atom. The van der Waals surface area contributed by atoms with Crippen molar-refractivity contribution in [1.82, 2.24) is 4.57 Å². The maximum absolute atomic E-state index is 2.48. The molecular formula is C42H30N2. The molecule has 0 saturated heterocycles. The van der Waals surface area contributed by atoms with E-state index in [1.807, 2.05) is 0 Å². The fourth-order valence-corrected chi connectivity index (χ4v) is 7.34. The SMILES string of the molecule is Cc1cc(C)cc(N2c3cc4c(cc3-c3cccc5cccc2c35)c2cc(-c3ccccc3)ccc2n4-c2ccccc2)c1. The summed E-state index contributed by atoms with van der Waals surface area (Å²) in [5.74, 6) is 0. The fourth-order valence-electron chi connectivity index (χ4n) is 7.34. The topological polar surface area (TPSA) is 8.17 Å². The standard InChI is InChI=1S/C42H30N2/c1-27-21-28(2)23-33(22-27)44-39-18-10-14-30-13-9-17-34(42(30)39)36-25-37-35-24-31(29-11-5-3-6-12-29)19-20-38(35)43(41(37)26-40(36)44)32-15-7-4-8-16-32/h3-26H,1-2H3. The van der Waals surface area contributed by atoms with Crippen LogP contribution < -0.4 is 4.90 Å². The van der Waals surface area contributed by atoms with Crippen LogP contribution in [0.3, 0.4) is 0 Å². The molecule has 9 rings (SSSR count). The van der Waals surface area contributed by atoms with Gasteiger partial charge in [-0.1, -0.05) is 91.0 Å². The van der Waals surface area contributed by atoms with Crippen LogP contribution in [0.2, 0.25) is 0 Å². The van der Waals surface area contributed by atoms with Gasteiger partial charge in [0, 0.05) is 33.1 Å². The summed E-state index contributed by atoms with van der Waals surface area (Å²) < 4.78 is 2.43. The molecule has 1 aliphatic heterocycles. The van der Waals surface area contributed by atoms with Gasteiger partial charge in [-0.05, 0) is 102 Å². The van der Waals surface area contributed by atoms with Crippen LogP contribution in [0.15, 0.2) is 146 Å². The van der Waals surface area contributed by atoms with Crippen molar-refractivity contribution in [2.24, 2.45) is 0 Å². The van der Waals surface area contributed by atoms with Crippen LogP contribution in [-0.2, 0) is 0 Å². The van der Waals surface area contributed by atoms with Crippen LogP contribution >= 0.6 is 0 Å². The van der Waals surface area contributed by atoms with E-state index in [4.69, 9.17) is 0 Å². The molecule has 7 aromatic carbocycles. The molecule has 0 aliphatic carbocycles. The smallest absolute Gasteiger partial charge is 0.0562 e. The van der Waals surface area contributed by atoms with Crippen molar-refractivity contribution in [3.05, 3.63) is 157 Å². The third-order valence-corrected chi connectivity index (χ3v) is 9.12. The van der Waals surface area contributed by atoms with E-state index in [2.05, 4.69) is 169 Å². The first kappa shape index (κ1) is 24.9. The van der Waals surface area contributed by atoms with Gasteiger partial charge in [-0.2, -0.15) is 0 Å². The first-order chi connectivity index (χ1) is 21.6. The quantitative estimate of drug-likeness (QED) is 0.208. The highest BCUT2D eigenvalue weighted by atomic mass is 15.2. The number of nitrogens with zero attached hydrogens (tertiary/aromatic N) is 2. The number of anilines is 3. The van der Waals surface area contributed by atoms with Gasteiger partial charge in [0.2, 0.25) is 0 Å². The summed E-state index contributed by atoms with van der Waals surface area (Å²) in [7, 11) is 0. The van der Waals surface area contributed by atoms with Crippen molar-refractivity contribution in [3.8, 4) is 27.9 Å². The first-order valence-electron chi connectivity index (χ1n) is 15.3. The summed E-state index contributed by atoms with van der Waals surface area (Å²) in [5.41, 5.74) is 14.7. The Morgan fingerprint density at radius 3 is 1.91 bits per heavy atom. The molecule has 2 heterocycles. The number of fused-ring (bicyclic) bond motifs is 5. The maximum atomic E-state index is 2.48. The lowest BCUT2D eigenvalue weighted by Gasteiger charge is -2.34. The number of aryl methyl sites for hydroxylation is 2. The molecule has 8 aromatic rings. The maximum Gasteiger partial charge on any atom is 0.0562 e. The Hall–Kier alpha value is -5.60. The van der Waals surface area contributed by atoms with Gasteiger partial charge in [0.1, 0.15) is 0 Å². The number of hydrogen-bond acceptors (Lipinski definition) is 1. The van der Waals surface area contributed by atoms with Crippen LogP contribution in [0.4, 0.5) is 17.1 Å². The number of hydrogen-bond donors (Lipinski definition) is 0. The van der Waals surface area contributed by atoms with Crippen molar-refractivity contribution in [1.29, 1.82) is 0 Å². The zero-order chi connectivity index (χ0) is 29.4. The van der Waals surface area contributed by atoms with Gasteiger partial charge in [0.25, 0.3) is 0 Å². The highest BCUT2D eigenvalue weighted by molar-refractivity contribution is 6.19. The van der Waals surface area contributed by atoms with Crippen molar-refractivity contribution < 1.29 is 0 Å². The summed E-state index contributed by atoms with van der Waals surface area (Å²) in [6.07, 6.45) is 0. The van der Waals surface area contributed by atoms with Crippen molar-refractivity contribution in [3.63, 3.8) is 0 Å². The van der Waals surface area contributed by atoms with E-state index in [9.17, 15) is 0 Å². The number of rotatable bonds is 3. The van der Waals surface area contributed by atoms with E-state index in [0.29, 0.717) is 0 Å². The molecule has 0 unspecified atom stereocenters. The predicted octanol–water partition coefficient (Wildman–Crippen LogP) is 11.7. The zero-order valence-corrected chi connectivity index (χ0v) is 24.8. The van der Waals surface area contributed by atoms with Crippen LogP contribution in [0.5, 0.6) is 0 Å². The second-order valence-electron chi connectivity index (χ2n) is 12.0. The molecule has 2 heteroatoms. The third kappa shape index (κ3) is 3.68. The zero-order valence-electron chi connectivity index (χ0n) is 24.8. The second-order valence-corrected chi connectivity index (χ2v) is 12.0. The third-order valence-electron chi connectivity index (χ3n) is 9.12. The Kier molecular flexibility index (Phi) is 5.36. The second kappa shape index (κ2) is 9.45. The molecule has 0 fully saturated rings. The van der Waals surface area contributed by atoms with E-state index in [-0.39, 0.29) is 0 Å². The van der Waals surface area contributed by atoms with E-state index < -0.39 is 0 Å². The summed E-state index contributed by atoms with van der Waals surface area (Å²) in [5, 5.41) is 5.09. The molecule has 0 saturated carbocycles. The summed E-state index contributed by atoms with van der Waals surface area (Å²) in [4.78, 5) is 2.48. The van der Waals surface area contributed by atoms with Gasteiger partial charge in [-0.25, -0.2) is 0 Å². The van der Waals surface area contributed by atoms with Crippen LogP contribution in [0.1, 0.15) is 11.1 Å². The van der Waals surface area contributed by atoms with Crippen LogP contribution in [0.25, 0.3) is 60.5 Å². The van der Waals surface area contributed by atoms with E-state index in [1.54, 1.807) is 0 Å². The molecule has 1 aliphatic rings. The van der Waals surface area contributed by atoms with Gasteiger partial charge in [-0.3, -0.25) is 0 Å². The minimum Gasteiger partial charge on any atom is -0.309 e. The molecule has 0 amide bonds. The molecular weight excluding hydrogens is 532 g/mol. The first-order valence-corrected chi connectivity index (χ1v) is 15.3. The molecule has 0 N–H and O–H groups in total. The highest BCUT2D eigenvalue weighted by Gasteiger charge is 2.28. The van der Waals surface area contributed by atoms with Crippen molar-refractivity contribution in [2.75, 3.05) is 4.90 Å².